The average molecular weight is 691 g/mol. The van der Waals surface area contributed by atoms with E-state index < -0.39 is 84.9 Å². The van der Waals surface area contributed by atoms with Crippen LogP contribution in [0.3, 0.4) is 0 Å². The lowest BCUT2D eigenvalue weighted by atomic mass is 10.1. The number of hydrogen-bond donors (Lipinski definition) is 5. The zero-order valence-electron chi connectivity index (χ0n) is 22.8. The largest absolute Gasteiger partial charge is 0.386 e. The van der Waals surface area contributed by atoms with Gasteiger partial charge in [0.25, 0.3) is 5.56 Å². The van der Waals surface area contributed by atoms with Gasteiger partial charge in [-0.25, -0.2) is 33.5 Å². The first-order valence-corrected chi connectivity index (χ1v) is 17.1. The third kappa shape index (κ3) is 5.42. The van der Waals surface area contributed by atoms with Crippen molar-refractivity contribution in [3.05, 3.63) is 35.2 Å². The smallest absolute Gasteiger partial charge is 0.336 e. The molecule has 0 bridgehead atoms. The maximum Gasteiger partial charge on any atom is 0.336 e. The van der Waals surface area contributed by atoms with Crippen LogP contribution in [-0.2, 0) is 44.8 Å². The van der Waals surface area contributed by atoms with Crippen LogP contribution >= 0.6 is 6.72 Å². The highest BCUT2D eigenvalue weighted by molar-refractivity contribution is 8.07. The van der Waals surface area contributed by atoms with Crippen molar-refractivity contribution >= 4 is 57.0 Å². The van der Waals surface area contributed by atoms with Gasteiger partial charge in [-0.15, -0.1) is 0 Å². The van der Waals surface area contributed by atoms with E-state index in [4.69, 9.17) is 40.2 Å². The molecule has 3 aliphatic heterocycles. The molecular weight excluding hydrogens is 666 g/mol. The van der Waals surface area contributed by atoms with Crippen LogP contribution in [0.25, 0.3) is 22.3 Å². The predicted octanol–water partition coefficient (Wildman–Crippen LogP) is -1.80. The number of imidazole rings is 2. The molecule has 0 radical (unpaired) electrons. The number of H-pyrrole nitrogens is 1. The minimum absolute atomic E-state index is 0.0394. The zero-order valence-corrected chi connectivity index (χ0v) is 25.3. The fourth-order valence-corrected chi connectivity index (χ4v) is 7.81. The number of aliphatic hydroxyl groups is 1. The summed E-state index contributed by atoms with van der Waals surface area (Å²) in [6.07, 6.45) is -8.98. The van der Waals surface area contributed by atoms with Crippen molar-refractivity contribution in [2.24, 2.45) is 0 Å². The quantitative estimate of drug-likeness (QED) is 0.145. The van der Waals surface area contributed by atoms with Gasteiger partial charge in [0, 0.05) is 6.54 Å². The number of rotatable bonds is 2. The maximum atomic E-state index is 16.0. The Balaban J connectivity index is 1.17. The molecule has 20 nitrogen and oxygen atoms in total. The lowest BCUT2D eigenvalue weighted by molar-refractivity contribution is -0.0511. The molecule has 3 saturated heterocycles. The summed E-state index contributed by atoms with van der Waals surface area (Å²) >= 11 is 5.15. The van der Waals surface area contributed by atoms with Crippen molar-refractivity contribution in [2.75, 3.05) is 18.9 Å². The summed E-state index contributed by atoms with van der Waals surface area (Å²) < 4.78 is 74.7. The molecule has 4 aromatic heterocycles. The molecule has 0 aromatic carbocycles. The van der Waals surface area contributed by atoms with E-state index in [0.717, 1.165) is 6.33 Å². The fraction of sp³-hybridized carbons (Fsp3) is 0.524. The third-order valence-electron chi connectivity index (χ3n) is 7.42. The Labute approximate surface area is 256 Å². The third-order valence-corrected chi connectivity index (χ3v) is 9.97. The molecule has 0 amide bonds. The molecule has 7 heterocycles. The molecule has 6 N–H and O–H groups in total. The number of halogens is 1. The summed E-state index contributed by atoms with van der Waals surface area (Å²) in [5.74, 6) is 0.287. The Kier molecular flexibility index (Phi) is 7.48. The number of hydrogen-bond acceptors (Lipinski definition) is 16. The number of alkyl halides is 1. The van der Waals surface area contributed by atoms with Crippen LogP contribution in [0.5, 0.6) is 0 Å². The van der Waals surface area contributed by atoms with Gasteiger partial charge < -0.3 is 34.7 Å². The number of aliphatic hydroxyl groups excluding tert-OH is 1. The average Bonchev–Trinajstić information content (AvgIpc) is 3.72. The number of aryl methyl sites for hydroxylation is 1. The van der Waals surface area contributed by atoms with Crippen molar-refractivity contribution < 1.29 is 45.5 Å². The van der Waals surface area contributed by atoms with Gasteiger partial charge in [0.2, 0.25) is 0 Å². The second-order valence-electron chi connectivity index (χ2n) is 10.3. The van der Waals surface area contributed by atoms with Crippen LogP contribution in [-0.4, -0.2) is 107 Å². The second kappa shape index (κ2) is 11.0. The number of fused-ring (bicyclic) bond motifs is 4. The lowest BCUT2D eigenvalue weighted by Crippen LogP contribution is -2.45. The summed E-state index contributed by atoms with van der Waals surface area (Å²) in [6, 6.07) is 0. The Morgan fingerprint density at radius 3 is 2.58 bits per heavy atom. The van der Waals surface area contributed by atoms with Crippen LogP contribution in [0.4, 0.5) is 10.2 Å². The van der Waals surface area contributed by atoms with Gasteiger partial charge in [-0.3, -0.25) is 18.5 Å². The Bertz CT molecular complexity index is 2010. The predicted molar refractivity (Wildman–Crippen MR) is 150 cm³/mol. The number of nitrogens with zero attached hydrogens (tertiary/aromatic N) is 7. The fourth-order valence-electron chi connectivity index (χ4n) is 5.41. The lowest BCUT2D eigenvalue weighted by Gasteiger charge is -2.28. The van der Waals surface area contributed by atoms with Gasteiger partial charge in [0.15, 0.2) is 41.3 Å². The summed E-state index contributed by atoms with van der Waals surface area (Å²) in [7, 11) is -4.68. The van der Waals surface area contributed by atoms with Crippen molar-refractivity contribution in [1.82, 2.24) is 43.8 Å². The number of anilines is 1. The van der Waals surface area contributed by atoms with Gasteiger partial charge >= 0.3 is 17.0 Å². The van der Waals surface area contributed by atoms with Crippen molar-refractivity contribution in [3.8, 4) is 0 Å². The first kappa shape index (κ1) is 30.6. The van der Waals surface area contributed by atoms with E-state index in [9.17, 15) is 23.2 Å². The minimum Gasteiger partial charge on any atom is -0.386 e. The van der Waals surface area contributed by atoms with E-state index in [1.807, 2.05) is 0 Å². The molecule has 1 unspecified atom stereocenters. The van der Waals surface area contributed by atoms with Crippen LogP contribution < -0.4 is 16.0 Å². The van der Waals surface area contributed by atoms with Crippen LogP contribution in [0.2, 0.25) is 0 Å². The van der Waals surface area contributed by atoms with Crippen LogP contribution in [0, 0.1) is 6.92 Å². The van der Waals surface area contributed by atoms with Crippen LogP contribution in [0.15, 0.2) is 23.8 Å². The van der Waals surface area contributed by atoms with E-state index in [0.29, 0.717) is 0 Å². The van der Waals surface area contributed by atoms with E-state index in [-0.39, 0.29) is 34.0 Å². The summed E-state index contributed by atoms with van der Waals surface area (Å²) in [5, 5.41) is 11.2. The Hall–Kier alpha value is -3.09. The van der Waals surface area contributed by atoms with Gasteiger partial charge in [0.05, 0.1) is 19.3 Å². The van der Waals surface area contributed by atoms with E-state index in [1.54, 1.807) is 0 Å². The second-order valence-corrected chi connectivity index (χ2v) is 14.5. The van der Waals surface area contributed by atoms with E-state index >= 15 is 4.39 Å². The molecule has 9 atom stereocenters. The summed E-state index contributed by atoms with van der Waals surface area (Å²) in [4.78, 5) is 46.0. The molecule has 4 aromatic rings. The van der Waals surface area contributed by atoms with Crippen molar-refractivity contribution in [2.45, 2.75) is 56.1 Å². The number of nitrogens with two attached hydrogens (primary N) is 1. The molecule has 0 saturated carbocycles. The standard InChI is InChI=1S/C21H24FN10O10PS2/c1-7-29-18-12(19(34)30-7)27-6-32(18)21-13(33)15-9(40-21)3-38-43(35,44)41-14-8(2-28-45(36,37)42-15)39-20(10(14)22)31-5-26-11-16(23)24-4-25-17(11)31/h4-6,8-10,13-15,20-21,28,33H,2-3H2,1H3,(H,35,44)(H2,23,24,25)(H,29,30,34)/t8-,9-,10-,13-,14-,15-,20-,21-,43?/m1/s1. The monoisotopic (exact) mass is 690 g/mol. The molecule has 3 fully saturated rings. The molecule has 242 valence electrons. The van der Waals surface area contributed by atoms with Gasteiger partial charge in [-0.05, 0) is 18.7 Å². The minimum atomic E-state index is -4.68. The Morgan fingerprint density at radius 1 is 1.09 bits per heavy atom. The van der Waals surface area contributed by atoms with Gasteiger partial charge in [-0.1, -0.05) is 0 Å². The first-order valence-electron chi connectivity index (χ1n) is 13.1. The van der Waals surface area contributed by atoms with E-state index in [2.05, 4.69) is 34.6 Å². The topological polar surface area (TPSA) is 266 Å². The molecular formula is C21H24FN10O10PS2. The highest BCUT2D eigenvalue weighted by Crippen LogP contribution is 2.50. The van der Waals surface area contributed by atoms with Gasteiger partial charge in [0.1, 0.15) is 48.2 Å². The molecule has 3 aliphatic rings. The van der Waals surface area contributed by atoms with E-state index in [1.165, 1.54) is 28.7 Å². The highest BCUT2D eigenvalue weighted by atomic mass is 32.5. The molecule has 7 rings (SSSR count). The van der Waals surface area contributed by atoms with Crippen molar-refractivity contribution in [3.63, 3.8) is 0 Å². The number of aromatic amines is 1. The summed E-state index contributed by atoms with van der Waals surface area (Å²) in [6.45, 7) is -4.00. The maximum absolute atomic E-state index is 16.0. The zero-order chi connectivity index (χ0) is 31.8. The van der Waals surface area contributed by atoms with Crippen LogP contribution in [0.1, 0.15) is 18.3 Å². The molecule has 0 aliphatic carbocycles. The molecule has 24 heteroatoms. The number of nitrogens with one attached hydrogen (secondary N) is 2. The van der Waals surface area contributed by atoms with Gasteiger partial charge in [-0.2, -0.15) is 13.1 Å². The normalized spacial score (nSPS) is 35.6. The number of nitrogen functional groups attached to an aromatic ring is 1. The Morgan fingerprint density at radius 2 is 1.80 bits per heavy atom. The first-order chi connectivity index (χ1) is 21.3. The molecule has 0 spiro atoms. The molecule has 45 heavy (non-hydrogen) atoms. The number of ether oxygens (including phenoxy) is 2. The SMILES string of the molecule is Cc1nc2c(ncn2[C@@H]2O[C@@H]3COP(O)(=S)O[C@H]4[C@@H](F)[C@H](n5cnc6c(N)ncnc65)O[C@@H]4CNS(=O)(=O)O[C@H]3[C@H]2O)c(=O)[nH]1. The highest BCUT2D eigenvalue weighted by Gasteiger charge is 2.53. The summed E-state index contributed by atoms with van der Waals surface area (Å²) in [5.41, 5.74) is 5.58. The van der Waals surface area contributed by atoms with Crippen molar-refractivity contribution in [1.29, 1.82) is 0 Å². The number of aromatic nitrogens is 8.